The second-order valence-electron chi connectivity index (χ2n) is 19.6. The number of aromatic amines is 1. The van der Waals surface area contributed by atoms with Crippen molar-refractivity contribution in [2.24, 2.45) is 11.3 Å². The van der Waals surface area contributed by atoms with Crippen LogP contribution >= 0.6 is 11.6 Å². The van der Waals surface area contributed by atoms with Crippen LogP contribution in [0.15, 0.2) is 95.7 Å². The molecule has 5 aliphatic rings. The van der Waals surface area contributed by atoms with Gasteiger partial charge in [-0.3, -0.25) is 19.8 Å². The number of pyridine rings is 1. The molecule has 4 fully saturated rings. The van der Waals surface area contributed by atoms with Crippen LogP contribution in [-0.2, 0) is 21.2 Å². The lowest BCUT2D eigenvalue weighted by Gasteiger charge is -2.47. The van der Waals surface area contributed by atoms with Crippen LogP contribution in [0, 0.1) is 21.4 Å². The molecule has 0 unspecified atom stereocenters. The summed E-state index contributed by atoms with van der Waals surface area (Å²) in [5.41, 5.74) is 6.42. The SMILES string of the molecule is O=C(NS(=O)(=O)c1ccc(CCC2CCN(C3CCOCC3)CC2)c([N+](=O)[O-])c1)c1ccc(N2CCN(CC3=C(c4ccc(Cl)cc4)CC4(CCC4)CC3)CC2)cc1Oc1cnc2[nH]ccc2c1. The molecule has 10 rings (SSSR count). The van der Waals surface area contributed by atoms with Gasteiger partial charge < -0.3 is 24.3 Å². The number of sulfonamides is 1. The third kappa shape index (κ3) is 10.3. The van der Waals surface area contributed by atoms with Crippen LogP contribution in [0.25, 0.3) is 16.6 Å². The molecular formula is C52H60ClN7O7S. The van der Waals surface area contributed by atoms with Crippen LogP contribution in [-0.4, -0.2) is 104 Å². The van der Waals surface area contributed by atoms with Gasteiger partial charge in [0.25, 0.3) is 21.6 Å². The summed E-state index contributed by atoms with van der Waals surface area (Å²) in [6.07, 6.45) is 16.2. The van der Waals surface area contributed by atoms with Crippen molar-refractivity contribution in [1.29, 1.82) is 0 Å². The second-order valence-corrected chi connectivity index (χ2v) is 21.7. The monoisotopic (exact) mass is 961 g/mol. The molecule has 358 valence electrons. The van der Waals surface area contributed by atoms with E-state index in [-0.39, 0.29) is 21.9 Å². The fourth-order valence-corrected chi connectivity index (χ4v) is 12.4. The molecule has 1 amide bonds. The fourth-order valence-electron chi connectivity index (χ4n) is 11.3. The molecule has 14 nitrogen and oxygen atoms in total. The number of halogens is 1. The summed E-state index contributed by atoms with van der Waals surface area (Å²) in [5, 5.41) is 13.9. The summed E-state index contributed by atoms with van der Waals surface area (Å²) in [6, 6.07) is 21.6. The number of piperazine rings is 1. The number of rotatable bonds is 14. The van der Waals surface area contributed by atoms with Crippen LogP contribution in [0.1, 0.15) is 92.1 Å². The molecule has 0 bridgehead atoms. The van der Waals surface area contributed by atoms with Crippen molar-refractivity contribution in [3.8, 4) is 11.5 Å². The first kappa shape index (κ1) is 46.4. The van der Waals surface area contributed by atoms with E-state index in [9.17, 15) is 23.3 Å². The number of ether oxygens (including phenoxy) is 2. The van der Waals surface area contributed by atoms with Crippen LogP contribution in [0.5, 0.6) is 11.5 Å². The number of amides is 1. The maximum atomic E-state index is 14.1. The van der Waals surface area contributed by atoms with Crippen LogP contribution in [0.4, 0.5) is 11.4 Å². The molecule has 1 saturated carbocycles. The number of aromatic nitrogens is 2. The Kier molecular flexibility index (Phi) is 13.6. The largest absolute Gasteiger partial charge is 0.455 e. The lowest BCUT2D eigenvalue weighted by Crippen LogP contribution is -2.47. The summed E-state index contributed by atoms with van der Waals surface area (Å²) >= 11 is 6.29. The standard InChI is InChI=1S/C52H60ClN7O7S/c53-41-7-4-37(5-8-41)47-33-52(18-1-19-52)20-12-40(47)35-57-24-26-59(27-25-57)43-9-11-46(49(31-43)67-44-30-39-13-21-54-50(39)55-34-44)51(61)56-68(64,65)45-10-6-38(48(32-45)60(62)63)3-2-36-14-22-58(23-15-36)42-16-28-66-29-17-42/h4-11,13,21,30-32,34,36,42H,1-3,12,14-20,22-29,33,35H2,(H,54,55)(H,56,61). The molecule has 2 N–H and O–H groups in total. The molecule has 3 saturated heterocycles. The second kappa shape index (κ2) is 20.0. The van der Waals surface area contributed by atoms with E-state index in [1.807, 2.05) is 24.3 Å². The Labute approximate surface area is 403 Å². The molecule has 3 aromatic carbocycles. The molecule has 16 heteroatoms. The van der Waals surface area contributed by atoms with E-state index >= 15 is 0 Å². The minimum absolute atomic E-state index is 0.0117. The van der Waals surface area contributed by atoms with E-state index in [2.05, 4.69) is 41.5 Å². The van der Waals surface area contributed by atoms with Gasteiger partial charge in [-0.2, -0.15) is 0 Å². The third-order valence-electron chi connectivity index (χ3n) is 15.5. The van der Waals surface area contributed by atoms with Crippen LogP contribution in [0.3, 0.4) is 0 Å². The average molecular weight is 963 g/mol. The molecule has 0 radical (unpaired) electrons. The van der Waals surface area contributed by atoms with Gasteiger partial charge in [-0.1, -0.05) is 41.8 Å². The van der Waals surface area contributed by atoms with Crippen molar-refractivity contribution in [3.63, 3.8) is 0 Å². The Bertz CT molecular complexity index is 2790. The Morgan fingerprint density at radius 2 is 1.72 bits per heavy atom. The number of hydrogen-bond donors (Lipinski definition) is 2. The highest BCUT2D eigenvalue weighted by atomic mass is 35.5. The smallest absolute Gasteiger partial charge is 0.273 e. The van der Waals surface area contributed by atoms with Gasteiger partial charge in [0.2, 0.25) is 0 Å². The van der Waals surface area contributed by atoms with Crippen LogP contribution in [0.2, 0.25) is 5.02 Å². The Balaban J connectivity index is 0.828. The van der Waals surface area contributed by atoms with Gasteiger partial charge in [0, 0.05) is 92.0 Å². The fraction of sp³-hybridized carbons (Fsp3) is 0.462. The minimum Gasteiger partial charge on any atom is -0.455 e. The molecule has 0 atom stereocenters. The number of nitrogens with one attached hydrogen (secondary N) is 2. The number of H-pyrrole nitrogens is 1. The number of fused-ring (bicyclic) bond motifs is 1. The van der Waals surface area contributed by atoms with Crippen molar-refractivity contribution in [2.75, 3.05) is 63.9 Å². The first-order valence-electron chi connectivity index (χ1n) is 24.3. The average Bonchev–Trinajstić information content (AvgIpc) is 3.82. The number of carbonyl (C=O) groups is 1. The number of anilines is 1. The number of hydrogen-bond acceptors (Lipinski definition) is 11. The number of benzene rings is 3. The van der Waals surface area contributed by atoms with Crippen molar-refractivity contribution in [3.05, 3.63) is 123 Å². The predicted octanol–water partition coefficient (Wildman–Crippen LogP) is 9.79. The highest BCUT2D eigenvalue weighted by Crippen LogP contribution is 2.55. The lowest BCUT2D eigenvalue weighted by atomic mass is 9.59. The topological polar surface area (TPSA) is 163 Å². The van der Waals surface area contributed by atoms with Crippen molar-refractivity contribution >= 4 is 55.5 Å². The van der Waals surface area contributed by atoms with Gasteiger partial charge >= 0.3 is 0 Å². The van der Waals surface area contributed by atoms with Gasteiger partial charge in [0.05, 0.1) is 21.6 Å². The van der Waals surface area contributed by atoms with Crippen molar-refractivity contribution in [1.82, 2.24) is 24.5 Å². The van der Waals surface area contributed by atoms with E-state index in [4.69, 9.17) is 21.1 Å². The van der Waals surface area contributed by atoms with E-state index in [0.717, 1.165) is 126 Å². The molecule has 5 aromatic rings. The zero-order valence-electron chi connectivity index (χ0n) is 38.5. The summed E-state index contributed by atoms with van der Waals surface area (Å²) in [6.45, 7) is 7.72. The van der Waals surface area contributed by atoms with Crippen LogP contribution < -0.4 is 14.4 Å². The van der Waals surface area contributed by atoms with Crippen molar-refractivity contribution < 1.29 is 27.6 Å². The molecule has 2 aliphatic carbocycles. The molecule has 2 aromatic heterocycles. The first-order chi connectivity index (χ1) is 33.0. The summed E-state index contributed by atoms with van der Waals surface area (Å²) in [7, 11) is -4.54. The molecular weight excluding hydrogens is 902 g/mol. The van der Waals surface area contributed by atoms with Gasteiger partial charge in [-0.15, -0.1) is 0 Å². The third-order valence-corrected chi connectivity index (χ3v) is 17.1. The summed E-state index contributed by atoms with van der Waals surface area (Å²) in [4.78, 5) is 40.4. The molecule has 1 spiro atoms. The van der Waals surface area contributed by atoms with E-state index in [1.165, 1.54) is 54.5 Å². The first-order valence-corrected chi connectivity index (χ1v) is 26.2. The Morgan fingerprint density at radius 1 is 0.941 bits per heavy atom. The highest BCUT2D eigenvalue weighted by Gasteiger charge is 2.41. The van der Waals surface area contributed by atoms with E-state index in [1.54, 1.807) is 30.6 Å². The summed E-state index contributed by atoms with van der Waals surface area (Å²) in [5.74, 6) is 0.0268. The molecule has 3 aliphatic heterocycles. The number of carbonyl (C=O) groups excluding carboxylic acids is 1. The number of likely N-dealkylation sites (tertiary alicyclic amines) is 1. The number of nitro groups is 1. The molecule has 5 heterocycles. The Morgan fingerprint density at radius 3 is 2.46 bits per heavy atom. The maximum Gasteiger partial charge on any atom is 0.273 e. The van der Waals surface area contributed by atoms with Gasteiger partial charge in [-0.25, -0.2) is 18.1 Å². The van der Waals surface area contributed by atoms with Gasteiger partial charge in [0.15, 0.2) is 0 Å². The quantitative estimate of drug-likeness (QED) is 0.0805. The Hall–Kier alpha value is -5.32. The zero-order valence-corrected chi connectivity index (χ0v) is 40.0. The van der Waals surface area contributed by atoms with E-state index in [0.29, 0.717) is 40.8 Å². The van der Waals surface area contributed by atoms with E-state index < -0.39 is 20.9 Å². The number of nitro benzene ring substituents is 1. The zero-order chi connectivity index (χ0) is 46.8. The lowest BCUT2D eigenvalue weighted by molar-refractivity contribution is -0.385. The molecule has 68 heavy (non-hydrogen) atoms. The highest BCUT2D eigenvalue weighted by molar-refractivity contribution is 7.90. The van der Waals surface area contributed by atoms with Crippen molar-refractivity contribution in [2.45, 2.75) is 88.0 Å². The number of allylic oxidation sites excluding steroid dienone is 1. The normalized spacial score (nSPS) is 19.9. The van der Waals surface area contributed by atoms with Gasteiger partial charge in [0.1, 0.15) is 17.1 Å². The predicted molar refractivity (Wildman–Crippen MR) is 264 cm³/mol. The van der Waals surface area contributed by atoms with Gasteiger partial charge in [-0.05, 0) is 149 Å². The number of piperidine rings is 1. The number of aryl methyl sites for hydroxylation is 1. The minimum atomic E-state index is -4.54. The summed E-state index contributed by atoms with van der Waals surface area (Å²) < 4.78 is 41.8. The maximum absolute atomic E-state index is 14.1. The number of nitrogens with zero attached hydrogens (tertiary/aromatic N) is 5.